The number of nitrogens with zero attached hydrogens (tertiary/aromatic N) is 5. The van der Waals surface area contributed by atoms with E-state index in [0.717, 1.165) is 24.0 Å². The number of hydrogen-bond acceptors (Lipinski definition) is 6. The molecule has 1 aliphatic carbocycles. The summed E-state index contributed by atoms with van der Waals surface area (Å²) in [7, 11) is 0. The lowest BCUT2D eigenvalue weighted by atomic mass is 10.1. The molecule has 0 bridgehead atoms. The van der Waals surface area contributed by atoms with Gasteiger partial charge in [0.1, 0.15) is 0 Å². The van der Waals surface area contributed by atoms with Crippen LogP contribution in [0.15, 0.2) is 35.0 Å². The van der Waals surface area contributed by atoms with Gasteiger partial charge in [0.15, 0.2) is 0 Å². The Balaban J connectivity index is 1.29. The molecule has 5 rings (SSSR count). The predicted octanol–water partition coefficient (Wildman–Crippen LogP) is 2.87. The molecule has 0 atom stereocenters. The van der Waals surface area contributed by atoms with Gasteiger partial charge in [-0.3, -0.25) is 14.5 Å². The van der Waals surface area contributed by atoms with Crippen LogP contribution in [0.2, 0.25) is 0 Å². The Morgan fingerprint density at radius 1 is 1.29 bits per heavy atom. The predicted molar refractivity (Wildman–Crippen MR) is 91.9 cm³/mol. The van der Waals surface area contributed by atoms with Crippen molar-refractivity contribution in [1.82, 2.24) is 30.4 Å². The van der Waals surface area contributed by atoms with Crippen LogP contribution in [0.3, 0.4) is 0 Å². The van der Waals surface area contributed by atoms with Gasteiger partial charge in [-0.1, -0.05) is 6.07 Å². The maximum absolute atomic E-state index is 12.7. The largest absolute Gasteiger partial charge is 0.415 e. The zero-order valence-electron chi connectivity index (χ0n) is 14.7. The Morgan fingerprint density at radius 2 is 2.14 bits per heavy atom. The number of carbonyl (C=O) groups is 1. The minimum atomic E-state index is -2.83. The highest BCUT2D eigenvalue weighted by molar-refractivity contribution is 5.99. The van der Waals surface area contributed by atoms with Crippen LogP contribution in [0.5, 0.6) is 0 Å². The zero-order chi connectivity index (χ0) is 19.3. The van der Waals surface area contributed by atoms with E-state index in [1.165, 1.54) is 5.01 Å². The van der Waals surface area contributed by atoms with Crippen LogP contribution in [0, 0.1) is 0 Å². The highest BCUT2D eigenvalue weighted by Crippen LogP contribution is 2.34. The van der Waals surface area contributed by atoms with Crippen LogP contribution >= 0.6 is 0 Å². The van der Waals surface area contributed by atoms with Gasteiger partial charge in [-0.05, 0) is 30.5 Å². The zero-order valence-corrected chi connectivity index (χ0v) is 14.7. The summed E-state index contributed by atoms with van der Waals surface area (Å²) in [5.41, 5.74) is 5.88. The number of aromatic nitrogens is 4. The number of rotatable bonds is 6. The van der Waals surface area contributed by atoms with Crippen molar-refractivity contribution < 1.29 is 18.0 Å². The van der Waals surface area contributed by atoms with E-state index in [0.29, 0.717) is 30.3 Å². The Hall–Kier alpha value is -3.14. The smallest absolute Gasteiger partial charge is 0.314 e. The molecule has 1 amide bonds. The normalized spacial score (nSPS) is 16.2. The first kappa shape index (κ1) is 17.0. The maximum Gasteiger partial charge on any atom is 0.314 e. The number of alkyl halides is 2. The van der Waals surface area contributed by atoms with Crippen molar-refractivity contribution in [2.24, 2.45) is 0 Å². The number of hydrazine groups is 1. The van der Waals surface area contributed by atoms with Crippen LogP contribution in [-0.4, -0.2) is 30.9 Å². The number of amides is 1. The molecule has 2 aromatic heterocycles. The molecule has 1 N–H and O–H groups in total. The van der Waals surface area contributed by atoms with E-state index in [1.807, 2.05) is 10.9 Å². The lowest BCUT2D eigenvalue weighted by molar-refractivity contribution is 0.0678. The highest BCUT2D eigenvalue weighted by atomic mass is 19.3. The molecule has 8 nitrogen and oxygen atoms in total. The van der Waals surface area contributed by atoms with Crippen molar-refractivity contribution in [3.05, 3.63) is 53.2 Å². The average Bonchev–Trinajstić information content (AvgIpc) is 3.12. The summed E-state index contributed by atoms with van der Waals surface area (Å²) in [6, 6.07) is 5.55. The van der Waals surface area contributed by atoms with E-state index >= 15 is 0 Å². The summed E-state index contributed by atoms with van der Waals surface area (Å²) in [6.07, 6.45) is 3.28. The fourth-order valence-corrected chi connectivity index (χ4v) is 3.20. The average molecular weight is 386 g/mol. The van der Waals surface area contributed by atoms with Gasteiger partial charge in [-0.2, -0.15) is 13.9 Å². The number of halogens is 2. The monoisotopic (exact) mass is 386 g/mol. The summed E-state index contributed by atoms with van der Waals surface area (Å²) in [4.78, 5) is 12.7. The molecule has 0 saturated heterocycles. The number of nitrogens with one attached hydrogen (secondary N) is 1. The van der Waals surface area contributed by atoms with Crippen LogP contribution in [0.25, 0.3) is 11.5 Å². The Bertz CT molecular complexity index is 1040. The van der Waals surface area contributed by atoms with E-state index in [4.69, 9.17) is 4.42 Å². The summed E-state index contributed by atoms with van der Waals surface area (Å²) in [5, 5.41) is 12.8. The van der Waals surface area contributed by atoms with Gasteiger partial charge < -0.3 is 4.42 Å². The summed E-state index contributed by atoms with van der Waals surface area (Å²) in [6.45, 7) is 0.901. The fourth-order valence-electron chi connectivity index (χ4n) is 3.20. The standard InChI is InChI=1S/C18H16F2N6O2/c19-15(20)17-24-23-16(28-17)11-1-2-12-9-26(18(27)14(12)5-11)22-7-10-6-21-25(8-10)13-3-4-13/h1-2,5-6,8,13,15,22H,3-4,7,9H2. The van der Waals surface area contributed by atoms with E-state index in [-0.39, 0.29) is 11.8 Å². The minimum absolute atomic E-state index is 0.0372. The van der Waals surface area contributed by atoms with E-state index < -0.39 is 12.3 Å². The van der Waals surface area contributed by atoms with Crippen molar-refractivity contribution in [3.63, 3.8) is 0 Å². The van der Waals surface area contributed by atoms with Crippen molar-refractivity contribution in [3.8, 4) is 11.5 Å². The molecular weight excluding hydrogens is 370 g/mol. The van der Waals surface area contributed by atoms with Gasteiger partial charge in [-0.25, -0.2) is 5.43 Å². The third-order valence-corrected chi connectivity index (χ3v) is 4.84. The number of carbonyl (C=O) groups excluding carboxylic acids is 1. The lowest BCUT2D eigenvalue weighted by Gasteiger charge is -2.16. The molecule has 0 radical (unpaired) electrons. The molecule has 3 aromatic rings. The van der Waals surface area contributed by atoms with E-state index in [2.05, 4.69) is 20.7 Å². The molecule has 28 heavy (non-hydrogen) atoms. The van der Waals surface area contributed by atoms with Gasteiger partial charge in [0.05, 0.1) is 18.8 Å². The van der Waals surface area contributed by atoms with Gasteiger partial charge in [0, 0.05) is 29.4 Å². The van der Waals surface area contributed by atoms with Crippen molar-refractivity contribution in [1.29, 1.82) is 0 Å². The molecule has 10 heteroatoms. The van der Waals surface area contributed by atoms with Crippen LogP contribution in [0.4, 0.5) is 8.78 Å². The molecule has 144 valence electrons. The Kier molecular flexibility index (Phi) is 3.93. The van der Waals surface area contributed by atoms with Gasteiger partial charge >= 0.3 is 6.43 Å². The molecule has 1 aliphatic heterocycles. The SMILES string of the molecule is O=C1c2cc(-c3nnc(C(F)F)o3)ccc2CN1NCc1cnn(C2CC2)c1. The highest BCUT2D eigenvalue weighted by Gasteiger charge is 2.29. The van der Waals surface area contributed by atoms with Crippen LogP contribution < -0.4 is 5.43 Å². The second kappa shape index (κ2) is 6.48. The molecule has 1 fully saturated rings. The van der Waals surface area contributed by atoms with Gasteiger partial charge in [0.25, 0.3) is 11.8 Å². The molecule has 1 saturated carbocycles. The van der Waals surface area contributed by atoms with E-state index in [9.17, 15) is 13.6 Å². The van der Waals surface area contributed by atoms with Gasteiger partial charge in [0.2, 0.25) is 5.89 Å². The lowest BCUT2D eigenvalue weighted by Crippen LogP contribution is -2.37. The van der Waals surface area contributed by atoms with Gasteiger partial charge in [-0.15, -0.1) is 10.2 Å². The van der Waals surface area contributed by atoms with Crippen molar-refractivity contribution in [2.45, 2.75) is 38.4 Å². The van der Waals surface area contributed by atoms with Crippen molar-refractivity contribution >= 4 is 5.91 Å². The third kappa shape index (κ3) is 3.05. The Morgan fingerprint density at radius 3 is 2.89 bits per heavy atom. The molecule has 1 aromatic carbocycles. The van der Waals surface area contributed by atoms with Crippen LogP contribution in [-0.2, 0) is 13.1 Å². The van der Waals surface area contributed by atoms with E-state index in [1.54, 1.807) is 24.4 Å². The number of benzene rings is 1. The molecule has 0 spiro atoms. The molecule has 3 heterocycles. The van der Waals surface area contributed by atoms with Crippen molar-refractivity contribution in [2.75, 3.05) is 0 Å². The first-order valence-corrected chi connectivity index (χ1v) is 8.92. The van der Waals surface area contributed by atoms with Crippen LogP contribution in [0.1, 0.15) is 52.7 Å². The second-order valence-electron chi connectivity index (χ2n) is 6.90. The number of fused-ring (bicyclic) bond motifs is 1. The first-order valence-electron chi connectivity index (χ1n) is 8.92. The molecule has 0 unspecified atom stereocenters. The topological polar surface area (TPSA) is 89.1 Å². The number of hydrogen-bond donors (Lipinski definition) is 1. The maximum atomic E-state index is 12.7. The first-order chi connectivity index (χ1) is 13.6. The summed E-state index contributed by atoms with van der Waals surface area (Å²) < 4.78 is 32.2. The second-order valence-corrected chi connectivity index (χ2v) is 6.90. The fraction of sp³-hybridized carbons (Fsp3) is 0.333. The quantitative estimate of drug-likeness (QED) is 0.701. The molecular formula is C18H16F2N6O2. The third-order valence-electron chi connectivity index (χ3n) is 4.84. The minimum Gasteiger partial charge on any atom is -0.415 e. The summed E-state index contributed by atoms with van der Waals surface area (Å²) in [5.74, 6) is -0.971. The Labute approximate surface area is 158 Å². The summed E-state index contributed by atoms with van der Waals surface area (Å²) >= 11 is 0. The molecule has 2 aliphatic rings.